The molecule has 0 spiro atoms. The fraction of sp³-hybridized carbons (Fsp3) is 0.333. The predicted molar refractivity (Wildman–Crippen MR) is 82.4 cm³/mol. The second-order valence-electron chi connectivity index (χ2n) is 5.19. The lowest BCUT2D eigenvalue weighted by atomic mass is 9.93. The standard InChI is InChI=1S/C15H18BrNO2/c1-15(9-18,10-19)8-17-14-5-3-11-6-13(16)4-2-12(11)7-14/h2-7,17-19H,8-10H2,1H3. The third-order valence-electron chi connectivity index (χ3n) is 3.29. The number of rotatable bonds is 5. The van der Waals surface area contributed by atoms with Crippen LogP contribution in [0.5, 0.6) is 0 Å². The fourth-order valence-corrected chi connectivity index (χ4v) is 2.18. The fourth-order valence-electron chi connectivity index (χ4n) is 1.80. The van der Waals surface area contributed by atoms with E-state index in [2.05, 4.69) is 45.5 Å². The van der Waals surface area contributed by atoms with Crippen LogP contribution in [0.4, 0.5) is 5.69 Å². The van der Waals surface area contributed by atoms with Crippen LogP contribution in [-0.2, 0) is 0 Å². The Balaban J connectivity index is 2.16. The van der Waals surface area contributed by atoms with Gasteiger partial charge in [-0.1, -0.05) is 35.0 Å². The highest BCUT2D eigenvalue weighted by Crippen LogP contribution is 2.24. The van der Waals surface area contributed by atoms with Crippen LogP contribution < -0.4 is 5.32 Å². The van der Waals surface area contributed by atoms with Crippen LogP contribution in [0, 0.1) is 5.41 Å². The van der Waals surface area contributed by atoms with E-state index in [-0.39, 0.29) is 13.2 Å². The SMILES string of the molecule is CC(CO)(CO)CNc1ccc2cc(Br)ccc2c1. The van der Waals surface area contributed by atoms with Gasteiger partial charge in [0.1, 0.15) is 0 Å². The van der Waals surface area contributed by atoms with Crippen molar-refractivity contribution in [1.82, 2.24) is 0 Å². The minimum atomic E-state index is -0.505. The highest BCUT2D eigenvalue weighted by Gasteiger charge is 2.21. The van der Waals surface area contributed by atoms with Gasteiger partial charge in [0.2, 0.25) is 0 Å². The number of anilines is 1. The summed E-state index contributed by atoms with van der Waals surface area (Å²) in [5.41, 5.74) is 0.484. The Morgan fingerprint density at radius 3 is 2.37 bits per heavy atom. The van der Waals surface area contributed by atoms with E-state index in [1.807, 2.05) is 19.1 Å². The first-order valence-electron chi connectivity index (χ1n) is 6.21. The van der Waals surface area contributed by atoms with Crippen LogP contribution in [0.1, 0.15) is 6.92 Å². The summed E-state index contributed by atoms with van der Waals surface area (Å²) in [6, 6.07) is 12.3. The number of hydrogen-bond acceptors (Lipinski definition) is 3. The van der Waals surface area contributed by atoms with E-state index >= 15 is 0 Å². The minimum absolute atomic E-state index is 0.0446. The van der Waals surface area contributed by atoms with Gasteiger partial charge in [0.05, 0.1) is 13.2 Å². The molecule has 3 N–H and O–H groups in total. The summed E-state index contributed by atoms with van der Waals surface area (Å²) in [7, 11) is 0. The maximum Gasteiger partial charge on any atom is 0.0523 e. The lowest BCUT2D eigenvalue weighted by molar-refractivity contribution is 0.0806. The van der Waals surface area contributed by atoms with Crippen molar-refractivity contribution in [3.8, 4) is 0 Å². The van der Waals surface area contributed by atoms with Crippen molar-refractivity contribution in [2.75, 3.05) is 25.1 Å². The maximum atomic E-state index is 9.26. The largest absolute Gasteiger partial charge is 0.396 e. The molecule has 0 fully saturated rings. The summed E-state index contributed by atoms with van der Waals surface area (Å²) in [5.74, 6) is 0. The van der Waals surface area contributed by atoms with Crippen LogP contribution in [0.3, 0.4) is 0 Å². The van der Waals surface area contributed by atoms with Crippen molar-refractivity contribution in [1.29, 1.82) is 0 Å². The van der Waals surface area contributed by atoms with Crippen LogP contribution in [0.15, 0.2) is 40.9 Å². The van der Waals surface area contributed by atoms with Gasteiger partial charge in [-0.2, -0.15) is 0 Å². The second-order valence-corrected chi connectivity index (χ2v) is 6.10. The van der Waals surface area contributed by atoms with Gasteiger partial charge in [-0.25, -0.2) is 0 Å². The van der Waals surface area contributed by atoms with Gasteiger partial charge in [0.15, 0.2) is 0 Å². The molecule has 102 valence electrons. The van der Waals surface area contributed by atoms with Crippen LogP contribution in [0.2, 0.25) is 0 Å². The Bertz CT molecular complexity index is 567. The van der Waals surface area contributed by atoms with Crippen molar-refractivity contribution in [2.45, 2.75) is 6.92 Å². The smallest absolute Gasteiger partial charge is 0.0523 e. The van der Waals surface area contributed by atoms with E-state index in [0.29, 0.717) is 6.54 Å². The molecule has 0 amide bonds. The van der Waals surface area contributed by atoms with Crippen molar-refractivity contribution in [2.24, 2.45) is 5.41 Å². The number of aliphatic hydroxyl groups is 2. The molecule has 3 nitrogen and oxygen atoms in total. The van der Waals surface area contributed by atoms with E-state index < -0.39 is 5.41 Å². The van der Waals surface area contributed by atoms with Gasteiger partial charge >= 0.3 is 0 Å². The van der Waals surface area contributed by atoms with Gasteiger partial charge < -0.3 is 15.5 Å². The molecular weight excluding hydrogens is 306 g/mol. The monoisotopic (exact) mass is 323 g/mol. The summed E-state index contributed by atoms with van der Waals surface area (Å²) in [4.78, 5) is 0. The molecule has 0 bridgehead atoms. The molecule has 0 unspecified atom stereocenters. The first kappa shape index (κ1) is 14.3. The molecule has 4 heteroatoms. The summed E-state index contributed by atoms with van der Waals surface area (Å²) in [6.45, 7) is 2.29. The molecule has 0 aliphatic carbocycles. The molecule has 0 saturated heterocycles. The zero-order chi connectivity index (χ0) is 13.9. The lowest BCUT2D eigenvalue weighted by Gasteiger charge is -2.25. The molecule has 2 rings (SSSR count). The zero-order valence-electron chi connectivity index (χ0n) is 10.9. The topological polar surface area (TPSA) is 52.5 Å². The Morgan fingerprint density at radius 1 is 1.05 bits per heavy atom. The van der Waals surface area contributed by atoms with Gasteiger partial charge in [0.25, 0.3) is 0 Å². The molecule has 2 aromatic carbocycles. The molecule has 0 atom stereocenters. The summed E-state index contributed by atoms with van der Waals surface area (Å²) in [6.07, 6.45) is 0. The highest BCUT2D eigenvalue weighted by atomic mass is 79.9. The van der Waals surface area contributed by atoms with Crippen molar-refractivity contribution < 1.29 is 10.2 Å². The Hall–Kier alpha value is -1.10. The van der Waals surface area contributed by atoms with E-state index in [9.17, 15) is 10.2 Å². The molecule has 0 heterocycles. The van der Waals surface area contributed by atoms with Gasteiger partial charge in [0, 0.05) is 22.1 Å². The van der Waals surface area contributed by atoms with Gasteiger partial charge in [-0.15, -0.1) is 0 Å². The Labute approximate surface area is 121 Å². The molecule has 2 aromatic rings. The van der Waals surface area contributed by atoms with E-state index in [1.54, 1.807) is 0 Å². The number of benzene rings is 2. The number of hydrogen-bond donors (Lipinski definition) is 3. The minimum Gasteiger partial charge on any atom is -0.396 e. The van der Waals surface area contributed by atoms with E-state index in [4.69, 9.17) is 0 Å². The quantitative estimate of drug-likeness (QED) is 0.792. The number of fused-ring (bicyclic) bond motifs is 1. The van der Waals surface area contributed by atoms with Crippen LogP contribution in [-0.4, -0.2) is 30.0 Å². The van der Waals surface area contributed by atoms with Gasteiger partial charge in [-0.05, 0) is 35.0 Å². The molecule has 0 saturated carbocycles. The molecule has 0 aromatic heterocycles. The second kappa shape index (κ2) is 5.90. The third-order valence-corrected chi connectivity index (χ3v) is 3.78. The first-order valence-corrected chi connectivity index (χ1v) is 7.00. The summed E-state index contributed by atoms with van der Waals surface area (Å²) in [5, 5.41) is 24.1. The van der Waals surface area contributed by atoms with E-state index in [0.717, 1.165) is 15.5 Å². The number of nitrogens with one attached hydrogen (secondary N) is 1. The van der Waals surface area contributed by atoms with Crippen molar-refractivity contribution >= 4 is 32.4 Å². The third kappa shape index (κ3) is 3.47. The summed E-state index contributed by atoms with van der Waals surface area (Å²) < 4.78 is 1.06. The van der Waals surface area contributed by atoms with Crippen LogP contribution >= 0.6 is 15.9 Å². The molecular formula is C15H18BrNO2. The predicted octanol–water partition coefficient (Wildman–Crippen LogP) is 3.01. The molecule has 0 aliphatic rings. The molecule has 0 radical (unpaired) electrons. The highest BCUT2D eigenvalue weighted by molar-refractivity contribution is 9.10. The lowest BCUT2D eigenvalue weighted by Crippen LogP contribution is -2.33. The van der Waals surface area contributed by atoms with Crippen molar-refractivity contribution in [3.05, 3.63) is 40.9 Å². The average Bonchev–Trinajstić information content (AvgIpc) is 2.44. The Morgan fingerprint density at radius 2 is 1.68 bits per heavy atom. The molecule has 19 heavy (non-hydrogen) atoms. The van der Waals surface area contributed by atoms with Crippen molar-refractivity contribution in [3.63, 3.8) is 0 Å². The number of aliphatic hydroxyl groups excluding tert-OH is 2. The number of halogens is 1. The van der Waals surface area contributed by atoms with Crippen LogP contribution in [0.25, 0.3) is 10.8 Å². The maximum absolute atomic E-state index is 9.26. The zero-order valence-corrected chi connectivity index (χ0v) is 12.4. The normalized spacial score (nSPS) is 11.8. The average molecular weight is 324 g/mol. The van der Waals surface area contributed by atoms with E-state index in [1.165, 1.54) is 5.39 Å². The Kier molecular flexibility index (Phi) is 4.45. The van der Waals surface area contributed by atoms with Gasteiger partial charge in [-0.3, -0.25) is 0 Å². The first-order chi connectivity index (χ1) is 9.06. The summed E-state index contributed by atoms with van der Waals surface area (Å²) >= 11 is 3.46. The molecule has 0 aliphatic heterocycles.